The van der Waals surface area contributed by atoms with Crippen molar-refractivity contribution in [3.05, 3.63) is 28.2 Å². The summed E-state index contributed by atoms with van der Waals surface area (Å²) in [5.74, 6) is -0.433. The molecule has 1 saturated carbocycles. The van der Waals surface area contributed by atoms with Gasteiger partial charge in [0.25, 0.3) is 0 Å². The fourth-order valence-electron chi connectivity index (χ4n) is 1.40. The molecule has 76 valence electrons. The first kappa shape index (κ1) is 10.1. The van der Waals surface area contributed by atoms with Gasteiger partial charge in [-0.05, 0) is 47.7 Å². The van der Waals surface area contributed by atoms with Gasteiger partial charge in [-0.1, -0.05) is 0 Å². The van der Waals surface area contributed by atoms with E-state index in [0.717, 1.165) is 17.3 Å². The van der Waals surface area contributed by atoms with Crippen LogP contribution in [-0.2, 0) is 6.42 Å². The smallest absolute Gasteiger partial charge is 0.216 e. The SMILES string of the molecule is OC1(CCc2cc(Br)cnc2F)CC1. The molecule has 1 aromatic rings. The normalized spacial score (nSPS) is 18.2. The molecule has 0 saturated heterocycles. The van der Waals surface area contributed by atoms with Crippen molar-refractivity contribution in [2.45, 2.75) is 31.3 Å². The van der Waals surface area contributed by atoms with Gasteiger partial charge in [-0.25, -0.2) is 4.98 Å². The number of aromatic nitrogens is 1. The molecule has 2 nitrogen and oxygen atoms in total. The molecule has 1 heterocycles. The van der Waals surface area contributed by atoms with E-state index in [1.165, 1.54) is 6.20 Å². The predicted molar refractivity (Wildman–Crippen MR) is 54.4 cm³/mol. The molecule has 1 aromatic heterocycles. The van der Waals surface area contributed by atoms with Crippen molar-refractivity contribution >= 4 is 15.9 Å². The lowest BCUT2D eigenvalue weighted by Crippen LogP contribution is -2.08. The van der Waals surface area contributed by atoms with Crippen LogP contribution in [0, 0.1) is 5.95 Å². The zero-order valence-corrected chi connectivity index (χ0v) is 9.22. The summed E-state index contributed by atoms with van der Waals surface area (Å²) in [7, 11) is 0. The maximum absolute atomic E-state index is 13.2. The van der Waals surface area contributed by atoms with Crippen LogP contribution in [0.25, 0.3) is 0 Å². The van der Waals surface area contributed by atoms with Crippen molar-refractivity contribution in [3.8, 4) is 0 Å². The topological polar surface area (TPSA) is 33.1 Å². The Morgan fingerprint density at radius 2 is 2.29 bits per heavy atom. The summed E-state index contributed by atoms with van der Waals surface area (Å²) in [6.07, 6.45) is 4.30. The Morgan fingerprint density at radius 1 is 1.57 bits per heavy atom. The van der Waals surface area contributed by atoms with Crippen LogP contribution in [0.1, 0.15) is 24.8 Å². The zero-order valence-electron chi connectivity index (χ0n) is 7.63. The summed E-state index contributed by atoms with van der Waals surface area (Å²) in [5, 5.41) is 9.60. The second-order valence-corrected chi connectivity index (χ2v) is 4.74. The van der Waals surface area contributed by atoms with Crippen molar-refractivity contribution < 1.29 is 9.50 Å². The molecule has 0 atom stereocenters. The van der Waals surface area contributed by atoms with Crippen LogP contribution in [0.5, 0.6) is 0 Å². The maximum atomic E-state index is 13.2. The van der Waals surface area contributed by atoms with Crippen LogP contribution in [0.3, 0.4) is 0 Å². The van der Waals surface area contributed by atoms with Crippen molar-refractivity contribution in [1.82, 2.24) is 4.98 Å². The van der Waals surface area contributed by atoms with Crippen LogP contribution in [0.4, 0.5) is 4.39 Å². The third kappa shape index (κ3) is 2.30. The molecule has 1 aliphatic carbocycles. The van der Waals surface area contributed by atoms with Crippen LogP contribution in [0.2, 0.25) is 0 Å². The van der Waals surface area contributed by atoms with Crippen molar-refractivity contribution in [2.24, 2.45) is 0 Å². The van der Waals surface area contributed by atoms with Gasteiger partial charge in [0.05, 0.1) is 5.60 Å². The first-order chi connectivity index (χ1) is 6.59. The predicted octanol–water partition coefficient (Wildman–Crippen LogP) is 2.44. The summed E-state index contributed by atoms with van der Waals surface area (Å²) >= 11 is 3.24. The first-order valence-electron chi connectivity index (χ1n) is 4.61. The number of rotatable bonds is 3. The van der Waals surface area contributed by atoms with E-state index in [4.69, 9.17) is 0 Å². The lowest BCUT2D eigenvalue weighted by Gasteiger charge is -2.07. The molecule has 1 fully saturated rings. The molecular weight excluding hydrogens is 249 g/mol. The summed E-state index contributed by atoms with van der Waals surface area (Å²) in [6.45, 7) is 0. The van der Waals surface area contributed by atoms with Gasteiger partial charge in [0, 0.05) is 16.2 Å². The number of halogens is 2. The Hall–Kier alpha value is -0.480. The fraction of sp³-hybridized carbons (Fsp3) is 0.500. The van der Waals surface area contributed by atoms with Crippen molar-refractivity contribution in [2.75, 3.05) is 0 Å². The third-order valence-electron chi connectivity index (χ3n) is 2.57. The van der Waals surface area contributed by atoms with Crippen LogP contribution < -0.4 is 0 Å². The van der Waals surface area contributed by atoms with E-state index in [0.29, 0.717) is 18.4 Å². The third-order valence-corrected chi connectivity index (χ3v) is 3.00. The molecule has 0 amide bonds. The molecular formula is C10H11BrFNO. The lowest BCUT2D eigenvalue weighted by atomic mass is 10.1. The van der Waals surface area contributed by atoms with Gasteiger partial charge in [0.1, 0.15) is 0 Å². The van der Waals surface area contributed by atoms with Gasteiger partial charge in [0.15, 0.2) is 0 Å². The summed E-state index contributed by atoms with van der Waals surface area (Å²) in [4.78, 5) is 3.60. The van der Waals surface area contributed by atoms with Gasteiger partial charge in [-0.2, -0.15) is 4.39 Å². The van der Waals surface area contributed by atoms with Gasteiger partial charge in [-0.3, -0.25) is 0 Å². The minimum Gasteiger partial charge on any atom is -0.390 e. The average Bonchev–Trinajstić information content (AvgIpc) is 2.87. The number of hydrogen-bond donors (Lipinski definition) is 1. The van der Waals surface area contributed by atoms with E-state index in [1.54, 1.807) is 6.07 Å². The molecule has 1 aliphatic rings. The summed E-state index contributed by atoms with van der Waals surface area (Å²) in [5.41, 5.74) is 0.0501. The van der Waals surface area contributed by atoms with Crippen LogP contribution in [0.15, 0.2) is 16.7 Å². The monoisotopic (exact) mass is 259 g/mol. The number of nitrogens with zero attached hydrogens (tertiary/aromatic N) is 1. The van der Waals surface area contributed by atoms with Crippen LogP contribution >= 0.6 is 15.9 Å². The average molecular weight is 260 g/mol. The van der Waals surface area contributed by atoms with E-state index < -0.39 is 11.5 Å². The fourth-order valence-corrected chi connectivity index (χ4v) is 1.78. The molecule has 2 rings (SSSR count). The number of pyridine rings is 1. The number of aryl methyl sites for hydroxylation is 1. The Morgan fingerprint density at radius 3 is 2.93 bits per heavy atom. The largest absolute Gasteiger partial charge is 0.390 e. The van der Waals surface area contributed by atoms with Gasteiger partial charge in [0.2, 0.25) is 5.95 Å². The molecule has 4 heteroatoms. The minimum atomic E-state index is -0.519. The van der Waals surface area contributed by atoms with E-state index in [9.17, 15) is 9.50 Å². The van der Waals surface area contributed by atoms with E-state index >= 15 is 0 Å². The van der Waals surface area contributed by atoms with Gasteiger partial charge >= 0.3 is 0 Å². The van der Waals surface area contributed by atoms with Crippen molar-refractivity contribution in [3.63, 3.8) is 0 Å². The molecule has 14 heavy (non-hydrogen) atoms. The highest BCUT2D eigenvalue weighted by Gasteiger charge is 2.39. The molecule has 1 N–H and O–H groups in total. The molecule has 0 spiro atoms. The number of aliphatic hydroxyl groups is 1. The first-order valence-corrected chi connectivity index (χ1v) is 5.41. The van der Waals surface area contributed by atoms with E-state index in [2.05, 4.69) is 20.9 Å². The van der Waals surface area contributed by atoms with E-state index in [1.807, 2.05) is 0 Å². The Bertz CT molecular complexity index is 352. The number of hydrogen-bond acceptors (Lipinski definition) is 2. The maximum Gasteiger partial charge on any atom is 0.216 e. The minimum absolute atomic E-state index is 0.433. The molecule has 0 radical (unpaired) electrons. The Labute approximate surface area is 90.3 Å². The highest BCUT2D eigenvalue weighted by Crippen LogP contribution is 2.39. The standard InChI is InChI=1S/C10H11BrFNO/c11-8-5-7(9(12)13-6-8)1-2-10(14)3-4-10/h5-6,14H,1-4H2. The summed E-state index contributed by atoms with van der Waals surface area (Å²) < 4.78 is 13.9. The Kier molecular flexibility index (Phi) is 2.58. The Balaban J connectivity index is 2.04. The molecule has 0 bridgehead atoms. The summed E-state index contributed by atoms with van der Waals surface area (Å²) in [6, 6.07) is 1.72. The van der Waals surface area contributed by atoms with Crippen LogP contribution in [-0.4, -0.2) is 15.7 Å². The zero-order chi connectivity index (χ0) is 10.2. The molecule has 0 aromatic carbocycles. The van der Waals surface area contributed by atoms with Gasteiger partial charge in [-0.15, -0.1) is 0 Å². The lowest BCUT2D eigenvalue weighted by molar-refractivity contribution is 0.140. The quantitative estimate of drug-likeness (QED) is 0.847. The second-order valence-electron chi connectivity index (χ2n) is 3.83. The van der Waals surface area contributed by atoms with Crippen molar-refractivity contribution in [1.29, 1.82) is 0 Å². The highest BCUT2D eigenvalue weighted by molar-refractivity contribution is 9.10. The second kappa shape index (κ2) is 3.59. The highest BCUT2D eigenvalue weighted by atomic mass is 79.9. The van der Waals surface area contributed by atoms with Gasteiger partial charge < -0.3 is 5.11 Å². The molecule has 0 aliphatic heterocycles. The van der Waals surface area contributed by atoms with E-state index in [-0.39, 0.29) is 0 Å². The molecule has 0 unspecified atom stereocenters.